The molecule has 0 saturated heterocycles. The number of rotatable bonds is 3. The van der Waals surface area contributed by atoms with Gasteiger partial charge in [0.05, 0.1) is 19.1 Å². The predicted molar refractivity (Wildman–Crippen MR) is 114 cm³/mol. The molecule has 0 radical (unpaired) electrons. The summed E-state index contributed by atoms with van der Waals surface area (Å²) in [5.41, 5.74) is -0.409. The lowest BCUT2D eigenvalue weighted by Gasteiger charge is -2.62. The van der Waals surface area contributed by atoms with Gasteiger partial charge in [-0.2, -0.15) is 0 Å². The molecule has 172 valence electrons. The summed E-state index contributed by atoms with van der Waals surface area (Å²) in [6, 6.07) is 0. The molecule has 8 atom stereocenters. The van der Waals surface area contributed by atoms with E-state index in [4.69, 9.17) is 9.47 Å². The molecule has 0 spiro atoms. The average molecular weight is 433 g/mol. The quantitative estimate of drug-likeness (QED) is 0.686. The van der Waals surface area contributed by atoms with Crippen LogP contribution in [0.2, 0.25) is 0 Å². The van der Waals surface area contributed by atoms with Crippen molar-refractivity contribution in [3.05, 3.63) is 11.6 Å². The SMILES string of the molecule is CCC(=O)O[C@@]1(C)CCC2C3C(C(=O)OC)CC4=CC(=O)CC[C@]4(C)C3C(O)C[C@@]21C. The molecule has 0 aromatic rings. The molecular formula is C25H36O6. The van der Waals surface area contributed by atoms with E-state index in [2.05, 4.69) is 13.8 Å². The van der Waals surface area contributed by atoms with Crippen LogP contribution >= 0.6 is 0 Å². The summed E-state index contributed by atoms with van der Waals surface area (Å²) in [6.45, 7) is 8.07. The Labute approximate surface area is 184 Å². The van der Waals surface area contributed by atoms with Gasteiger partial charge in [0.2, 0.25) is 0 Å². The highest BCUT2D eigenvalue weighted by Crippen LogP contribution is 2.69. The van der Waals surface area contributed by atoms with Gasteiger partial charge in [-0.25, -0.2) is 0 Å². The fourth-order valence-electron chi connectivity index (χ4n) is 7.76. The van der Waals surface area contributed by atoms with Crippen LogP contribution in [-0.4, -0.2) is 41.6 Å². The van der Waals surface area contributed by atoms with Gasteiger partial charge in [0.15, 0.2) is 5.78 Å². The first-order chi connectivity index (χ1) is 14.5. The van der Waals surface area contributed by atoms with Gasteiger partial charge in [-0.05, 0) is 68.3 Å². The highest BCUT2D eigenvalue weighted by atomic mass is 16.6. The van der Waals surface area contributed by atoms with Crippen molar-refractivity contribution in [2.45, 2.75) is 84.3 Å². The van der Waals surface area contributed by atoms with E-state index in [1.807, 2.05) is 6.92 Å². The molecule has 4 aliphatic rings. The van der Waals surface area contributed by atoms with Crippen molar-refractivity contribution in [1.82, 2.24) is 0 Å². The highest BCUT2D eigenvalue weighted by molar-refractivity contribution is 5.92. The molecule has 6 nitrogen and oxygen atoms in total. The molecule has 0 amide bonds. The third-order valence-electron chi connectivity index (χ3n) is 9.62. The zero-order valence-corrected chi connectivity index (χ0v) is 19.4. The molecule has 4 aliphatic carbocycles. The standard InChI is InChI=1S/C25H36O6/c1-6-19(28)31-25(4)10-8-17-20-16(22(29)30-5)12-14-11-15(26)7-9-23(14,2)21(20)18(27)13-24(17,25)3/h11,16-18,20-21,27H,6-10,12-13H2,1-5H3/t16?,17?,18?,20?,21?,23-,24-,25-/m0/s1. The van der Waals surface area contributed by atoms with E-state index < -0.39 is 23.0 Å². The average Bonchev–Trinajstić information content (AvgIpc) is 2.97. The predicted octanol–water partition coefficient (Wildman–Crippen LogP) is 3.60. The second kappa shape index (κ2) is 7.43. The van der Waals surface area contributed by atoms with Crippen molar-refractivity contribution < 1.29 is 29.0 Å². The van der Waals surface area contributed by atoms with Crippen molar-refractivity contribution >= 4 is 17.7 Å². The number of aliphatic hydroxyl groups is 1. The molecule has 1 N–H and O–H groups in total. The molecule has 0 bridgehead atoms. The van der Waals surface area contributed by atoms with Crippen molar-refractivity contribution in [2.24, 2.45) is 34.5 Å². The van der Waals surface area contributed by atoms with E-state index in [0.29, 0.717) is 32.1 Å². The first-order valence-electron chi connectivity index (χ1n) is 11.7. The van der Waals surface area contributed by atoms with E-state index in [1.54, 1.807) is 13.0 Å². The van der Waals surface area contributed by atoms with Crippen LogP contribution < -0.4 is 0 Å². The maximum absolute atomic E-state index is 13.0. The van der Waals surface area contributed by atoms with E-state index in [0.717, 1.165) is 18.4 Å². The maximum atomic E-state index is 13.0. The molecule has 0 aromatic carbocycles. The van der Waals surface area contributed by atoms with Crippen LogP contribution in [0, 0.1) is 34.5 Å². The Morgan fingerprint density at radius 2 is 1.94 bits per heavy atom. The molecule has 3 saturated carbocycles. The summed E-state index contributed by atoms with van der Waals surface area (Å²) >= 11 is 0. The largest absolute Gasteiger partial charge is 0.469 e. The maximum Gasteiger partial charge on any atom is 0.309 e. The monoisotopic (exact) mass is 432 g/mol. The van der Waals surface area contributed by atoms with Crippen LogP contribution in [0.15, 0.2) is 11.6 Å². The second-order valence-corrected chi connectivity index (χ2v) is 10.9. The van der Waals surface area contributed by atoms with Gasteiger partial charge in [-0.15, -0.1) is 0 Å². The molecule has 4 rings (SSSR count). The van der Waals surface area contributed by atoms with Crippen molar-refractivity contribution in [1.29, 1.82) is 0 Å². The number of methoxy groups -OCH3 is 1. The first kappa shape index (κ1) is 22.5. The second-order valence-electron chi connectivity index (χ2n) is 10.9. The Kier molecular flexibility index (Phi) is 5.39. The van der Waals surface area contributed by atoms with Crippen molar-refractivity contribution in [3.8, 4) is 0 Å². The number of aliphatic hydroxyl groups excluding tert-OH is 1. The molecule has 3 fully saturated rings. The Balaban J connectivity index is 1.80. The number of esters is 2. The lowest BCUT2D eigenvalue weighted by Crippen LogP contribution is -2.62. The molecule has 0 heterocycles. The first-order valence-corrected chi connectivity index (χ1v) is 11.7. The highest BCUT2D eigenvalue weighted by Gasteiger charge is 2.69. The van der Waals surface area contributed by atoms with Gasteiger partial charge in [0.1, 0.15) is 5.60 Å². The van der Waals surface area contributed by atoms with E-state index >= 15 is 0 Å². The van der Waals surface area contributed by atoms with Crippen LogP contribution in [0.25, 0.3) is 0 Å². The van der Waals surface area contributed by atoms with Crippen molar-refractivity contribution in [3.63, 3.8) is 0 Å². The lowest BCUT2D eigenvalue weighted by molar-refractivity contribution is -0.203. The van der Waals surface area contributed by atoms with Gasteiger partial charge in [-0.3, -0.25) is 14.4 Å². The summed E-state index contributed by atoms with van der Waals surface area (Å²) in [6.07, 6.45) is 5.17. The number of allylic oxidation sites excluding steroid dienone is 1. The van der Waals surface area contributed by atoms with Crippen LogP contribution in [0.4, 0.5) is 0 Å². The van der Waals surface area contributed by atoms with Crippen molar-refractivity contribution in [2.75, 3.05) is 7.11 Å². The Hall–Kier alpha value is -1.69. The summed E-state index contributed by atoms with van der Waals surface area (Å²) in [4.78, 5) is 37.4. The molecule has 5 unspecified atom stereocenters. The third-order valence-corrected chi connectivity index (χ3v) is 9.62. The molecule has 31 heavy (non-hydrogen) atoms. The zero-order valence-electron chi connectivity index (χ0n) is 19.4. The van der Waals surface area contributed by atoms with Crippen LogP contribution in [0.5, 0.6) is 0 Å². The Morgan fingerprint density at radius 3 is 2.58 bits per heavy atom. The summed E-state index contributed by atoms with van der Waals surface area (Å²) in [7, 11) is 1.41. The topological polar surface area (TPSA) is 89.9 Å². The Morgan fingerprint density at radius 1 is 1.23 bits per heavy atom. The molecular weight excluding hydrogens is 396 g/mol. The summed E-state index contributed by atoms with van der Waals surface area (Å²) < 4.78 is 11.2. The van der Waals surface area contributed by atoms with E-state index in [9.17, 15) is 19.5 Å². The normalized spacial score (nSPS) is 46.3. The number of hydrogen-bond donors (Lipinski definition) is 1. The molecule has 0 aromatic heterocycles. The molecule has 0 aliphatic heterocycles. The van der Waals surface area contributed by atoms with Gasteiger partial charge >= 0.3 is 11.9 Å². The summed E-state index contributed by atoms with van der Waals surface area (Å²) in [5.74, 6) is -0.849. The van der Waals surface area contributed by atoms with Gasteiger partial charge in [0, 0.05) is 18.3 Å². The van der Waals surface area contributed by atoms with E-state index in [1.165, 1.54) is 7.11 Å². The zero-order chi connectivity index (χ0) is 22.8. The number of ether oxygens (including phenoxy) is 2. The minimum atomic E-state index is -0.670. The lowest BCUT2D eigenvalue weighted by atomic mass is 9.43. The van der Waals surface area contributed by atoms with Crippen LogP contribution in [-0.2, 0) is 23.9 Å². The third kappa shape index (κ3) is 3.12. The van der Waals surface area contributed by atoms with E-state index in [-0.39, 0.29) is 40.9 Å². The minimum absolute atomic E-state index is 0.0706. The van der Waals surface area contributed by atoms with Gasteiger partial charge in [-0.1, -0.05) is 26.3 Å². The van der Waals surface area contributed by atoms with Gasteiger partial charge < -0.3 is 14.6 Å². The number of carbonyl (C=O) groups excluding carboxylic acids is 3. The number of ketones is 1. The number of carbonyl (C=O) groups is 3. The minimum Gasteiger partial charge on any atom is -0.469 e. The van der Waals surface area contributed by atoms with Gasteiger partial charge in [0.25, 0.3) is 0 Å². The molecule has 6 heteroatoms. The fourth-order valence-corrected chi connectivity index (χ4v) is 7.76. The van der Waals surface area contributed by atoms with Crippen LogP contribution in [0.1, 0.15) is 72.6 Å². The fraction of sp³-hybridized carbons (Fsp3) is 0.800. The number of fused-ring (bicyclic) bond motifs is 5. The summed E-state index contributed by atoms with van der Waals surface area (Å²) in [5, 5.41) is 11.6. The van der Waals surface area contributed by atoms with Crippen LogP contribution in [0.3, 0.4) is 0 Å². The Bertz CT molecular complexity index is 832. The smallest absolute Gasteiger partial charge is 0.309 e. The number of hydrogen-bond acceptors (Lipinski definition) is 6.